The van der Waals surface area contributed by atoms with Crippen LogP contribution in [-0.4, -0.2) is 12.5 Å². The van der Waals surface area contributed by atoms with E-state index in [1.54, 1.807) is 30.4 Å². The van der Waals surface area contributed by atoms with Gasteiger partial charge in [0.1, 0.15) is 0 Å². The zero-order valence-corrected chi connectivity index (χ0v) is 10.2. The van der Waals surface area contributed by atoms with Crippen LogP contribution in [0.15, 0.2) is 36.9 Å². The third-order valence-corrected chi connectivity index (χ3v) is 1.95. The van der Waals surface area contributed by atoms with Crippen LogP contribution in [0.1, 0.15) is 5.56 Å². The molecule has 0 atom stereocenters. The molecule has 0 unspecified atom stereocenters. The molecule has 0 saturated carbocycles. The van der Waals surface area contributed by atoms with Gasteiger partial charge in [0.2, 0.25) is 5.91 Å². The van der Waals surface area contributed by atoms with E-state index in [2.05, 4.69) is 11.9 Å². The summed E-state index contributed by atoms with van der Waals surface area (Å²) >= 11 is 0. The first-order valence-corrected chi connectivity index (χ1v) is 4.85. The first-order chi connectivity index (χ1) is 7.63. The van der Waals surface area contributed by atoms with Gasteiger partial charge in [0.15, 0.2) is 0 Å². The van der Waals surface area contributed by atoms with Gasteiger partial charge in [0.25, 0.3) is 0 Å². The number of amides is 1. The van der Waals surface area contributed by atoms with Crippen molar-refractivity contribution in [3.63, 3.8) is 0 Å². The molecule has 5 heteroatoms. The van der Waals surface area contributed by atoms with Crippen LogP contribution in [0.4, 0.5) is 11.4 Å². The molecule has 0 saturated heterocycles. The Hall–Kier alpha value is -1.94. The van der Waals surface area contributed by atoms with Crippen LogP contribution < -0.4 is 16.8 Å². The zero-order chi connectivity index (χ0) is 12.0. The molecule has 0 radical (unpaired) electrons. The van der Waals surface area contributed by atoms with E-state index in [4.69, 9.17) is 11.5 Å². The highest BCUT2D eigenvalue weighted by atomic mass is 35.5. The number of hydrogen-bond donors (Lipinski definition) is 3. The number of benzene rings is 1. The largest absolute Gasteiger partial charge is 0.399 e. The number of carbonyl (C=O) groups is 1. The Morgan fingerprint density at radius 3 is 2.76 bits per heavy atom. The van der Waals surface area contributed by atoms with E-state index in [0.717, 1.165) is 5.56 Å². The quantitative estimate of drug-likeness (QED) is 0.433. The van der Waals surface area contributed by atoms with Crippen LogP contribution in [0.5, 0.6) is 0 Å². The predicted molar refractivity (Wildman–Crippen MR) is 74.8 cm³/mol. The average molecular weight is 254 g/mol. The number of nitrogens with one attached hydrogen (secondary N) is 1. The minimum atomic E-state index is -0.193. The van der Waals surface area contributed by atoms with Crippen LogP contribution in [0.3, 0.4) is 0 Å². The first-order valence-electron chi connectivity index (χ1n) is 4.85. The molecule has 1 rings (SSSR count). The maximum atomic E-state index is 11.3. The summed E-state index contributed by atoms with van der Waals surface area (Å²) in [6, 6.07) is 5.13. The summed E-state index contributed by atoms with van der Waals surface area (Å²) in [4.78, 5) is 11.3. The number of nitrogen functional groups attached to an aromatic ring is 2. The topological polar surface area (TPSA) is 81.1 Å². The van der Waals surface area contributed by atoms with Crippen LogP contribution in [-0.2, 0) is 4.79 Å². The van der Waals surface area contributed by atoms with Gasteiger partial charge in [0.05, 0.1) is 0 Å². The van der Waals surface area contributed by atoms with Crippen molar-refractivity contribution >= 4 is 35.8 Å². The van der Waals surface area contributed by atoms with Crippen molar-refractivity contribution in [3.05, 3.63) is 42.5 Å². The number of hydrogen-bond acceptors (Lipinski definition) is 3. The van der Waals surface area contributed by atoms with Gasteiger partial charge in [-0.05, 0) is 29.8 Å². The molecular formula is C12H16ClN3O. The summed E-state index contributed by atoms with van der Waals surface area (Å²) in [6.07, 6.45) is 4.65. The van der Waals surface area contributed by atoms with Crippen molar-refractivity contribution in [3.8, 4) is 0 Å². The molecule has 0 bridgehead atoms. The molecule has 0 aliphatic heterocycles. The van der Waals surface area contributed by atoms with Gasteiger partial charge in [-0.2, -0.15) is 0 Å². The van der Waals surface area contributed by atoms with Crippen molar-refractivity contribution < 1.29 is 4.79 Å². The molecule has 0 fully saturated rings. The lowest BCUT2D eigenvalue weighted by atomic mass is 10.1. The van der Waals surface area contributed by atoms with E-state index in [1.165, 1.54) is 6.08 Å². The Morgan fingerprint density at radius 2 is 2.12 bits per heavy atom. The third-order valence-electron chi connectivity index (χ3n) is 1.95. The SMILES string of the molecule is C=CCNC(=O)C=Cc1cc(N)ccc1N.Cl. The summed E-state index contributed by atoms with van der Waals surface area (Å²) in [5, 5.41) is 2.62. The second-order valence-electron chi connectivity index (χ2n) is 3.26. The van der Waals surface area contributed by atoms with Gasteiger partial charge in [-0.3, -0.25) is 4.79 Å². The van der Waals surface area contributed by atoms with Crippen molar-refractivity contribution in [1.29, 1.82) is 0 Å². The van der Waals surface area contributed by atoms with Gasteiger partial charge < -0.3 is 16.8 Å². The lowest BCUT2D eigenvalue weighted by Crippen LogP contribution is -2.20. The molecule has 0 spiro atoms. The minimum Gasteiger partial charge on any atom is -0.399 e. The molecule has 0 aromatic heterocycles. The number of rotatable bonds is 4. The van der Waals surface area contributed by atoms with Crippen LogP contribution in [0.2, 0.25) is 0 Å². The van der Waals surface area contributed by atoms with Crippen molar-refractivity contribution in [2.24, 2.45) is 0 Å². The van der Waals surface area contributed by atoms with Gasteiger partial charge in [0, 0.05) is 24.0 Å². The van der Waals surface area contributed by atoms with Crippen LogP contribution in [0, 0.1) is 0 Å². The number of anilines is 2. The van der Waals surface area contributed by atoms with Gasteiger partial charge in [-0.15, -0.1) is 19.0 Å². The maximum Gasteiger partial charge on any atom is 0.244 e. The van der Waals surface area contributed by atoms with Crippen LogP contribution in [0.25, 0.3) is 6.08 Å². The van der Waals surface area contributed by atoms with E-state index in [1.807, 2.05) is 0 Å². The van der Waals surface area contributed by atoms with Crippen molar-refractivity contribution in [2.75, 3.05) is 18.0 Å². The van der Waals surface area contributed by atoms with E-state index >= 15 is 0 Å². The molecule has 92 valence electrons. The lowest BCUT2D eigenvalue weighted by molar-refractivity contribution is -0.116. The van der Waals surface area contributed by atoms with Crippen LogP contribution >= 0.6 is 12.4 Å². The first kappa shape index (κ1) is 15.1. The number of nitrogens with two attached hydrogens (primary N) is 2. The molecule has 5 N–H and O–H groups in total. The third kappa shape index (κ3) is 5.08. The lowest BCUT2D eigenvalue weighted by Gasteiger charge is -2.01. The molecule has 1 aromatic carbocycles. The highest BCUT2D eigenvalue weighted by Gasteiger charge is 1.97. The van der Waals surface area contributed by atoms with E-state index in [-0.39, 0.29) is 18.3 Å². The summed E-state index contributed by atoms with van der Waals surface area (Å²) < 4.78 is 0. The zero-order valence-electron chi connectivity index (χ0n) is 9.35. The normalized spacial score (nSPS) is 9.65. The highest BCUT2D eigenvalue weighted by Crippen LogP contribution is 2.16. The highest BCUT2D eigenvalue weighted by molar-refractivity contribution is 5.92. The summed E-state index contributed by atoms with van der Waals surface area (Å²) in [6.45, 7) is 3.94. The molecule has 4 nitrogen and oxygen atoms in total. The molecular weight excluding hydrogens is 238 g/mol. The Labute approximate surface area is 107 Å². The molecule has 1 aromatic rings. The predicted octanol–water partition coefficient (Wildman–Crippen LogP) is 1.59. The Bertz CT molecular complexity index is 430. The standard InChI is InChI=1S/C12H15N3O.ClH/c1-2-7-15-12(16)6-3-9-8-10(13)4-5-11(9)14;/h2-6,8H,1,7,13-14H2,(H,15,16);1H. The monoisotopic (exact) mass is 253 g/mol. The number of carbonyl (C=O) groups excluding carboxylic acids is 1. The molecule has 17 heavy (non-hydrogen) atoms. The number of halogens is 1. The van der Waals surface area contributed by atoms with Gasteiger partial charge in [-0.1, -0.05) is 6.08 Å². The molecule has 0 aliphatic rings. The summed E-state index contributed by atoms with van der Waals surface area (Å²) in [5.41, 5.74) is 13.3. The average Bonchev–Trinajstić information content (AvgIpc) is 2.27. The summed E-state index contributed by atoms with van der Waals surface area (Å²) in [7, 11) is 0. The van der Waals surface area contributed by atoms with E-state index < -0.39 is 0 Å². The van der Waals surface area contributed by atoms with E-state index in [9.17, 15) is 4.79 Å². The fourth-order valence-electron chi connectivity index (χ4n) is 1.13. The molecule has 1 amide bonds. The summed E-state index contributed by atoms with van der Waals surface area (Å²) in [5.74, 6) is -0.193. The minimum absolute atomic E-state index is 0. The van der Waals surface area contributed by atoms with Gasteiger partial charge >= 0.3 is 0 Å². The van der Waals surface area contributed by atoms with Crippen molar-refractivity contribution in [2.45, 2.75) is 0 Å². The molecule has 0 aliphatic carbocycles. The maximum absolute atomic E-state index is 11.3. The smallest absolute Gasteiger partial charge is 0.244 e. The van der Waals surface area contributed by atoms with E-state index in [0.29, 0.717) is 17.9 Å². The Morgan fingerprint density at radius 1 is 1.41 bits per heavy atom. The second-order valence-corrected chi connectivity index (χ2v) is 3.26. The Kier molecular flexibility index (Phi) is 6.51. The fraction of sp³-hybridized carbons (Fsp3) is 0.0833. The van der Waals surface area contributed by atoms with Crippen molar-refractivity contribution in [1.82, 2.24) is 5.32 Å². The second kappa shape index (κ2) is 7.35. The molecule has 0 heterocycles. The van der Waals surface area contributed by atoms with Gasteiger partial charge in [-0.25, -0.2) is 0 Å². The fourth-order valence-corrected chi connectivity index (χ4v) is 1.13. The Balaban J connectivity index is 0.00000256.